The molecule has 4 aromatic carbocycles. The SMILES string of the molecule is Cc1cc2scnc2cc1-c1n(-c2c(C(C)C)cc(-c3ccccc3)cc2C(C)C)c2ccccc2[n+]1C. The first-order chi connectivity index (χ1) is 18.3. The third-order valence-electron chi connectivity index (χ3n) is 7.68. The highest BCUT2D eigenvalue weighted by Crippen LogP contribution is 2.40. The standard InChI is InChI=1S/C34H34N3S/c1-21(2)26-17-25(24-12-8-7-9-13-24)18-27(22(3)4)33(26)37-31-15-11-10-14-30(31)36(6)34(37)28-19-29-32(16-23(28)5)38-20-35-29/h7-22H,1-6H3/q+1. The van der Waals surface area contributed by atoms with E-state index in [2.05, 4.69) is 135 Å². The van der Waals surface area contributed by atoms with E-state index < -0.39 is 0 Å². The number of benzene rings is 4. The van der Waals surface area contributed by atoms with E-state index in [1.807, 2.05) is 5.51 Å². The Hall–Kier alpha value is -3.76. The van der Waals surface area contributed by atoms with Crippen LogP contribution in [-0.2, 0) is 7.05 Å². The van der Waals surface area contributed by atoms with Crippen LogP contribution >= 0.6 is 11.3 Å². The first kappa shape index (κ1) is 24.6. The summed E-state index contributed by atoms with van der Waals surface area (Å²) in [5, 5.41) is 0. The predicted octanol–water partition coefficient (Wildman–Crippen LogP) is 8.95. The maximum atomic E-state index is 4.67. The van der Waals surface area contributed by atoms with Gasteiger partial charge >= 0.3 is 0 Å². The van der Waals surface area contributed by atoms with Gasteiger partial charge < -0.3 is 0 Å². The maximum absolute atomic E-state index is 4.67. The number of aryl methyl sites for hydroxylation is 2. The lowest BCUT2D eigenvalue weighted by molar-refractivity contribution is -0.633. The third kappa shape index (κ3) is 3.95. The topological polar surface area (TPSA) is 21.7 Å². The molecular weight excluding hydrogens is 482 g/mol. The Morgan fingerprint density at radius 3 is 2.13 bits per heavy atom. The second-order valence-corrected chi connectivity index (χ2v) is 11.8. The van der Waals surface area contributed by atoms with Crippen molar-refractivity contribution in [2.45, 2.75) is 46.5 Å². The Morgan fingerprint density at radius 2 is 1.45 bits per heavy atom. The molecule has 0 saturated carbocycles. The van der Waals surface area contributed by atoms with Crippen molar-refractivity contribution in [2.24, 2.45) is 7.05 Å². The number of aromatic nitrogens is 3. The molecule has 0 bridgehead atoms. The minimum Gasteiger partial charge on any atom is -0.245 e. The summed E-state index contributed by atoms with van der Waals surface area (Å²) < 4.78 is 6.11. The van der Waals surface area contributed by atoms with Crippen molar-refractivity contribution in [1.82, 2.24) is 9.55 Å². The average Bonchev–Trinajstić information content (AvgIpc) is 3.49. The molecule has 0 aliphatic rings. The second-order valence-electron chi connectivity index (χ2n) is 10.9. The molecule has 0 unspecified atom stereocenters. The van der Waals surface area contributed by atoms with Gasteiger partial charge in [-0.05, 0) is 71.8 Å². The van der Waals surface area contributed by atoms with Crippen molar-refractivity contribution in [2.75, 3.05) is 0 Å². The normalized spacial score (nSPS) is 11.9. The molecule has 4 heteroatoms. The molecule has 0 saturated heterocycles. The highest BCUT2D eigenvalue weighted by atomic mass is 32.1. The number of thiazole rings is 1. The van der Waals surface area contributed by atoms with Gasteiger partial charge in [-0.1, -0.05) is 70.2 Å². The van der Waals surface area contributed by atoms with Crippen molar-refractivity contribution in [3.63, 3.8) is 0 Å². The fraction of sp³-hybridized carbons (Fsp3) is 0.235. The van der Waals surface area contributed by atoms with E-state index in [1.165, 1.54) is 60.6 Å². The van der Waals surface area contributed by atoms with Crippen LogP contribution in [0, 0.1) is 6.92 Å². The van der Waals surface area contributed by atoms with E-state index in [4.69, 9.17) is 0 Å². The van der Waals surface area contributed by atoms with Gasteiger partial charge in [0.25, 0.3) is 5.82 Å². The monoisotopic (exact) mass is 516 g/mol. The molecule has 6 aromatic rings. The molecule has 190 valence electrons. The first-order valence-corrected chi connectivity index (χ1v) is 14.3. The smallest absolute Gasteiger partial charge is 0.245 e. The number of para-hydroxylation sites is 2. The first-order valence-electron chi connectivity index (χ1n) is 13.4. The third-order valence-corrected chi connectivity index (χ3v) is 8.47. The number of fused-ring (bicyclic) bond motifs is 2. The Balaban J connectivity index is 1.76. The van der Waals surface area contributed by atoms with Gasteiger partial charge in [-0.3, -0.25) is 0 Å². The minimum atomic E-state index is 0.354. The zero-order valence-corrected chi connectivity index (χ0v) is 23.8. The lowest BCUT2D eigenvalue weighted by Gasteiger charge is -2.21. The van der Waals surface area contributed by atoms with Crippen LogP contribution in [0.3, 0.4) is 0 Å². The number of nitrogens with zero attached hydrogens (tertiary/aromatic N) is 3. The molecule has 38 heavy (non-hydrogen) atoms. The van der Waals surface area contributed by atoms with Crippen molar-refractivity contribution in [1.29, 1.82) is 0 Å². The van der Waals surface area contributed by atoms with Crippen molar-refractivity contribution >= 4 is 32.6 Å². The quantitative estimate of drug-likeness (QED) is 0.210. The Kier molecular flexibility index (Phi) is 6.16. The van der Waals surface area contributed by atoms with Crippen LogP contribution < -0.4 is 4.57 Å². The number of hydrogen-bond acceptors (Lipinski definition) is 2. The lowest BCUT2D eigenvalue weighted by atomic mass is 9.88. The van der Waals surface area contributed by atoms with Crippen molar-refractivity contribution in [3.8, 4) is 28.2 Å². The molecule has 0 aliphatic heterocycles. The summed E-state index contributed by atoms with van der Waals surface area (Å²) in [5.74, 6) is 1.90. The zero-order valence-electron chi connectivity index (χ0n) is 23.0. The zero-order chi connectivity index (χ0) is 26.6. The molecule has 2 heterocycles. The Morgan fingerprint density at radius 1 is 0.789 bits per heavy atom. The molecule has 0 aliphatic carbocycles. The van der Waals surface area contributed by atoms with Gasteiger partial charge in [0.2, 0.25) is 0 Å². The summed E-state index contributed by atoms with van der Waals surface area (Å²) >= 11 is 1.70. The van der Waals surface area contributed by atoms with E-state index in [9.17, 15) is 0 Å². The van der Waals surface area contributed by atoms with Gasteiger partial charge in [0.1, 0.15) is 5.69 Å². The van der Waals surface area contributed by atoms with Gasteiger partial charge in [0.05, 0.1) is 28.3 Å². The van der Waals surface area contributed by atoms with Crippen LogP contribution in [0.5, 0.6) is 0 Å². The molecule has 3 nitrogen and oxygen atoms in total. The average molecular weight is 517 g/mol. The summed E-state index contributed by atoms with van der Waals surface area (Å²) in [6.45, 7) is 11.5. The highest BCUT2D eigenvalue weighted by molar-refractivity contribution is 7.16. The Labute approximate surface area is 229 Å². The van der Waals surface area contributed by atoms with Crippen LogP contribution in [0.15, 0.2) is 84.4 Å². The number of hydrogen-bond donors (Lipinski definition) is 0. The van der Waals surface area contributed by atoms with E-state index in [-0.39, 0.29) is 0 Å². The molecule has 0 spiro atoms. The lowest BCUT2D eigenvalue weighted by Crippen LogP contribution is -2.30. The molecule has 6 rings (SSSR count). The van der Waals surface area contributed by atoms with Crippen molar-refractivity contribution < 1.29 is 4.57 Å². The maximum Gasteiger partial charge on any atom is 0.295 e. The predicted molar refractivity (Wildman–Crippen MR) is 161 cm³/mol. The van der Waals surface area contributed by atoms with Gasteiger partial charge in [-0.2, -0.15) is 4.57 Å². The number of rotatable bonds is 5. The molecular formula is C34H34N3S+. The molecule has 0 amide bonds. The van der Waals surface area contributed by atoms with E-state index in [1.54, 1.807) is 11.3 Å². The van der Waals surface area contributed by atoms with Gasteiger partial charge in [0, 0.05) is 11.1 Å². The van der Waals surface area contributed by atoms with E-state index in [0.717, 1.165) is 5.52 Å². The summed E-state index contributed by atoms with van der Waals surface area (Å²) in [5.41, 5.74) is 14.5. The summed E-state index contributed by atoms with van der Waals surface area (Å²) in [6, 6.07) is 28.9. The fourth-order valence-corrected chi connectivity index (χ4v) is 6.46. The minimum absolute atomic E-state index is 0.354. The Bertz CT molecular complexity index is 1760. The van der Waals surface area contributed by atoms with E-state index >= 15 is 0 Å². The highest BCUT2D eigenvalue weighted by Gasteiger charge is 2.32. The fourth-order valence-electron chi connectivity index (χ4n) is 5.70. The van der Waals surface area contributed by atoms with Crippen LogP contribution in [0.2, 0.25) is 0 Å². The van der Waals surface area contributed by atoms with Gasteiger partial charge in [-0.25, -0.2) is 9.55 Å². The molecule has 2 aromatic heterocycles. The van der Waals surface area contributed by atoms with Crippen molar-refractivity contribution in [3.05, 3.63) is 101 Å². The summed E-state index contributed by atoms with van der Waals surface area (Å²) in [4.78, 5) is 4.67. The number of imidazole rings is 1. The van der Waals surface area contributed by atoms with Gasteiger partial charge in [-0.15, -0.1) is 11.3 Å². The molecule has 0 fully saturated rings. The molecule has 0 N–H and O–H groups in total. The van der Waals surface area contributed by atoms with E-state index in [0.29, 0.717) is 11.8 Å². The molecule has 0 radical (unpaired) electrons. The summed E-state index contributed by atoms with van der Waals surface area (Å²) in [6.07, 6.45) is 0. The van der Waals surface area contributed by atoms with Gasteiger partial charge in [0.15, 0.2) is 11.0 Å². The van der Waals surface area contributed by atoms with Crippen LogP contribution in [0.1, 0.15) is 56.2 Å². The summed E-state index contributed by atoms with van der Waals surface area (Å²) in [7, 11) is 2.20. The van der Waals surface area contributed by atoms with Crippen LogP contribution in [-0.4, -0.2) is 9.55 Å². The van der Waals surface area contributed by atoms with Crippen LogP contribution in [0.25, 0.3) is 49.5 Å². The molecule has 0 atom stereocenters. The second kappa shape index (κ2) is 9.52. The van der Waals surface area contributed by atoms with Crippen LogP contribution in [0.4, 0.5) is 0 Å². The largest absolute Gasteiger partial charge is 0.295 e.